The average molecular weight is 390 g/mol. The molecule has 0 aliphatic carbocycles. The van der Waals surface area contributed by atoms with E-state index in [1.807, 2.05) is 23.1 Å². The fourth-order valence-electron chi connectivity index (χ4n) is 3.50. The van der Waals surface area contributed by atoms with E-state index in [0.717, 1.165) is 30.9 Å². The Bertz CT molecular complexity index is 950. The first kappa shape index (κ1) is 19.2. The van der Waals surface area contributed by atoms with Crippen molar-refractivity contribution in [1.29, 1.82) is 0 Å². The van der Waals surface area contributed by atoms with Gasteiger partial charge in [0.15, 0.2) is 9.84 Å². The van der Waals surface area contributed by atoms with Crippen LogP contribution in [-0.2, 0) is 9.84 Å². The molecule has 0 atom stereocenters. The first-order valence-corrected chi connectivity index (χ1v) is 10.6. The maximum absolute atomic E-state index is 11.7. The monoisotopic (exact) mass is 390 g/mol. The summed E-state index contributed by atoms with van der Waals surface area (Å²) in [5, 5.41) is 11.5. The highest BCUT2D eigenvalue weighted by molar-refractivity contribution is 7.90. The maximum Gasteiger partial charge on any atom is 0.293 e. The molecule has 0 spiro atoms. The topological polar surface area (TPSA) is 89.8 Å². The summed E-state index contributed by atoms with van der Waals surface area (Å²) in [6, 6.07) is 12.1. The van der Waals surface area contributed by atoms with Gasteiger partial charge < -0.3 is 9.64 Å². The lowest BCUT2D eigenvalue weighted by Crippen LogP contribution is -2.33. The van der Waals surface area contributed by atoms with Crippen LogP contribution in [-0.4, -0.2) is 39.8 Å². The molecule has 1 fully saturated rings. The number of nitro groups is 1. The highest BCUT2D eigenvalue weighted by atomic mass is 32.2. The van der Waals surface area contributed by atoms with Crippen LogP contribution in [0.15, 0.2) is 47.4 Å². The third kappa shape index (κ3) is 4.21. The normalized spacial score (nSPS) is 15.6. The van der Waals surface area contributed by atoms with E-state index < -0.39 is 14.8 Å². The number of piperidine rings is 1. The second-order valence-electron chi connectivity index (χ2n) is 6.72. The number of rotatable bonds is 5. The van der Waals surface area contributed by atoms with Crippen molar-refractivity contribution in [1.82, 2.24) is 0 Å². The van der Waals surface area contributed by atoms with Gasteiger partial charge in [0.2, 0.25) is 0 Å². The van der Waals surface area contributed by atoms with E-state index in [4.69, 9.17) is 4.74 Å². The van der Waals surface area contributed by atoms with Gasteiger partial charge in [0.05, 0.1) is 16.9 Å². The number of anilines is 1. The summed E-state index contributed by atoms with van der Waals surface area (Å²) < 4.78 is 28.7. The van der Waals surface area contributed by atoms with Gasteiger partial charge >= 0.3 is 0 Å². The molecule has 0 aromatic heterocycles. The molecule has 0 bridgehead atoms. The molecule has 0 saturated carbocycles. The minimum atomic E-state index is -3.49. The Kier molecular flexibility index (Phi) is 5.36. The van der Waals surface area contributed by atoms with E-state index in [1.54, 1.807) is 13.2 Å². The lowest BCUT2D eigenvalue weighted by molar-refractivity contribution is -0.384. The Morgan fingerprint density at radius 3 is 2.44 bits per heavy atom. The van der Waals surface area contributed by atoms with Gasteiger partial charge in [-0.1, -0.05) is 12.1 Å². The van der Waals surface area contributed by atoms with Gasteiger partial charge in [-0.3, -0.25) is 10.1 Å². The molecule has 8 heteroatoms. The minimum absolute atomic E-state index is 0.0378. The van der Waals surface area contributed by atoms with Gasteiger partial charge in [-0.05, 0) is 48.6 Å². The SMILES string of the molecule is COc1cccc(C2CCN(c3ccc(S(C)(=O)=O)cc3[N+](=O)[O-])CC2)c1. The summed E-state index contributed by atoms with van der Waals surface area (Å²) in [6.45, 7) is 1.34. The highest BCUT2D eigenvalue weighted by Crippen LogP contribution is 2.36. The van der Waals surface area contributed by atoms with Crippen molar-refractivity contribution in [2.24, 2.45) is 0 Å². The minimum Gasteiger partial charge on any atom is -0.497 e. The van der Waals surface area contributed by atoms with Gasteiger partial charge in [-0.25, -0.2) is 8.42 Å². The van der Waals surface area contributed by atoms with Crippen LogP contribution in [0.5, 0.6) is 5.75 Å². The smallest absolute Gasteiger partial charge is 0.293 e. The van der Waals surface area contributed by atoms with Gasteiger partial charge in [-0.15, -0.1) is 0 Å². The maximum atomic E-state index is 11.7. The zero-order chi connectivity index (χ0) is 19.6. The van der Waals surface area contributed by atoms with E-state index in [0.29, 0.717) is 24.7 Å². The molecular weight excluding hydrogens is 368 g/mol. The largest absolute Gasteiger partial charge is 0.497 e. The molecule has 27 heavy (non-hydrogen) atoms. The zero-order valence-electron chi connectivity index (χ0n) is 15.3. The van der Waals surface area contributed by atoms with E-state index in [2.05, 4.69) is 6.07 Å². The van der Waals surface area contributed by atoms with Gasteiger partial charge in [-0.2, -0.15) is 0 Å². The third-order valence-corrected chi connectivity index (χ3v) is 6.08. The molecule has 1 heterocycles. The van der Waals surface area contributed by atoms with Crippen LogP contribution in [0.4, 0.5) is 11.4 Å². The van der Waals surface area contributed by atoms with Gasteiger partial charge in [0, 0.05) is 25.4 Å². The number of hydrogen-bond donors (Lipinski definition) is 0. The summed E-state index contributed by atoms with van der Waals surface area (Å²) >= 11 is 0. The quantitative estimate of drug-likeness (QED) is 0.574. The number of methoxy groups -OCH3 is 1. The van der Waals surface area contributed by atoms with Crippen molar-refractivity contribution in [3.8, 4) is 5.75 Å². The number of hydrogen-bond acceptors (Lipinski definition) is 6. The van der Waals surface area contributed by atoms with E-state index in [-0.39, 0.29) is 10.6 Å². The van der Waals surface area contributed by atoms with Crippen LogP contribution in [0.1, 0.15) is 24.3 Å². The van der Waals surface area contributed by atoms with Crippen molar-refractivity contribution < 1.29 is 18.1 Å². The lowest BCUT2D eigenvalue weighted by Gasteiger charge is -2.33. The average Bonchev–Trinajstić information content (AvgIpc) is 2.67. The molecule has 0 radical (unpaired) electrons. The lowest BCUT2D eigenvalue weighted by atomic mass is 9.89. The first-order chi connectivity index (χ1) is 12.8. The highest BCUT2D eigenvalue weighted by Gasteiger charge is 2.27. The zero-order valence-corrected chi connectivity index (χ0v) is 16.1. The van der Waals surface area contributed by atoms with Crippen molar-refractivity contribution >= 4 is 21.2 Å². The molecule has 7 nitrogen and oxygen atoms in total. The molecule has 1 aliphatic rings. The van der Waals surface area contributed by atoms with Crippen LogP contribution in [0.2, 0.25) is 0 Å². The molecule has 0 amide bonds. The predicted molar refractivity (Wildman–Crippen MR) is 103 cm³/mol. The number of nitrogens with zero attached hydrogens (tertiary/aromatic N) is 2. The Hall–Kier alpha value is -2.61. The van der Waals surface area contributed by atoms with E-state index >= 15 is 0 Å². The van der Waals surface area contributed by atoms with Gasteiger partial charge in [0.25, 0.3) is 5.69 Å². The molecule has 1 saturated heterocycles. The van der Waals surface area contributed by atoms with Crippen molar-refractivity contribution in [2.75, 3.05) is 31.4 Å². The molecular formula is C19H22N2O5S. The van der Waals surface area contributed by atoms with Crippen LogP contribution < -0.4 is 9.64 Å². The van der Waals surface area contributed by atoms with Gasteiger partial charge in [0.1, 0.15) is 11.4 Å². The summed E-state index contributed by atoms with van der Waals surface area (Å²) in [5.41, 5.74) is 1.50. The summed E-state index contributed by atoms with van der Waals surface area (Å²) in [6.07, 6.45) is 2.77. The molecule has 2 aromatic rings. The number of ether oxygens (including phenoxy) is 1. The third-order valence-electron chi connectivity index (χ3n) is 4.97. The summed E-state index contributed by atoms with van der Waals surface area (Å²) in [7, 11) is -1.85. The van der Waals surface area contributed by atoms with Crippen molar-refractivity contribution in [3.63, 3.8) is 0 Å². The van der Waals surface area contributed by atoms with Crippen LogP contribution in [0.25, 0.3) is 0 Å². The Labute approximate surface area is 158 Å². The van der Waals surface area contributed by atoms with Crippen LogP contribution in [0.3, 0.4) is 0 Å². The first-order valence-electron chi connectivity index (χ1n) is 8.67. The molecule has 3 rings (SSSR count). The second-order valence-corrected chi connectivity index (χ2v) is 8.73. The van der Waals surface area contributed by atoms with Crippen LogP contribution >= 0.6 is 0 Å². The van der Waals surface area contributed by atoms with Crippen LogP contribution in [0, 0.1) is 10.1 Å². The standard InChI is InChI=1S/C19H22N2O5S/c1-26-16-5-3-4-15(12-16)14-8-10-20(11-9-14)18-7-6-17(27(2,24)25)13-19(18)21(22)23/h3-7,12-14H,8-11H2,1-2H3. The number of nitro benzene ring substituents is 1. The van der Waals surface area contributed by atoms with E-state index in [9.17, 15) is 18.5 Å². The Morgan fingerprint density at radius 2 is 1.85 bits per heavy atom. The number of sulfone groups is 1. The molecule has 0 N–H and O–H groups in total. The second kappa shape index (κ2) is 7.56. The molecule has 144 valence electrons. The fourth-order valence-corrected chi connectivity index (χ4v) is 4.14. The summed E-state index contributed by atoms with van der Waals surface area (Å²) in [5.74, 6) is 1.19. The van der Waals surface area contributed by atoms with Crippen molar-refractivity contribution in [3.05, 3.63) is 58.1 Å². The molecule has 2 aromatic carbocycles. The molecule has 1 aliphatic heterocycles. The predicted octanol–water partition coefficient (Wildman–Crippen LogP) is 3.39. The summed E-state index contributed by atoms with van der Waals surface area (Å²) in [4.78, 5) is 12.9. The Balaban J connectivity index is 1.80. The van der Waals surface area contributed by atoms with E-state index in [1.165, 1.54) is 11.6 Å². The number of benzene rings is 2. The van der Waals surface area contributed by atoms with Crippen molar-refractivity contribution in [2.45, 2.75) is 23.7 Å². The fraction of sp³-hybridized carbons (Fsp3) is 0.368. The molecule has 0 unspecified atom stereocenters. The Morgan fingerprint density at radius 1 is 1.15 bits per heavy atom.